The molecule has 0 fully saturated rings. The first-order valence-electron chi connectivity index (χ1n) is 5.74. The lowest BCUT2D eigenvalue weighted by atomic mass is 10.1. The van der Waals surface area contributed by atoms with Crippen LogP contribution in [0.1, 0.15) is 24.4 Å². The normalized spacial score (nSPS) is 12.7. The zero-order valence-corrected chi connectivity index (χ0v) is 9.98. The number of hydrogen-bond acceptors (Lipinski definition) is 2. The lowest BCUT2D eigenvalue weighted by Gasteiger charge is -2.14. The predicted molar refractivity (Wildman–Crippen MR) is 62.9 cm³/mol. The maximum atomic E-state index is 13.5. The van der Waals surface area contributed by atoms with E-state index in [1.54, 1.807) is 17.0 Å². The number of aromatic nitrogens is 2. The molecular weight excluding hydrogens is 238 g/mol. The Bertz CT molecular complexity index is 540. The third-order valence-electron chi connectivity index (χ3n) is 2.81. The van der Waals surface area contributed by atoms with Crippen LogP contribution in [0.2, 0.25) is 0 Å². The van der Waals surface area contributed by atoms with Crippen LogP contribution in [0.4, 0.5) is 8.78 Å². The minimum absolute atomic E-state index is 0.0900. The fraction of sp³-hybridized carbons (Fsp3) is 0.308. The molecule has 0 radical (unpaired) electrons. The van der Waals surface area contributed by atoms with Crippen LogP contribution >= 0.6 is 0 Å². The minimum atomic E-state index is -1.02. The van der Waals surface area contributed by atoms with Gasteiger partial charge in [-0.15, -0.1) is 0 Å². The van der Waals surface area contributed by atoms with Crippen LogP contribution in [0.15, 0.2) is 30.6 Å². The number of aliphatic hydroxyl groups excluding tert-OH is 1. The molecule has 1 unspecified atom stereocenters. The summed E-state index contributed by atoms with van der Waals surface area (Å²) >= 11 is 0. The van der Waals surface area contributed by atoms with Crippen molar-refractivity contribution in [1.29, 1.82) is 0 Å². The summed E-state index contributed by atoms with van der Waals surface area (Å²) in [6.45, 7) is 2.15. The summed E-state index contributed by atoms with van der Waals surface area (Å²) in [4.78, 5) is 4.12. The van der Waals surface area contributed by atoms with E-state index in [0.29, 0.717) is 0 Å². The minimum Gasteiger partial charge on any atom is -0.386 e. The van der Waals surface area contributed by atoms with Crippen molar-refractivity contribution in [3.05, 3.63) is 53.6 Å². The molecule has 1 heterocycles. The Balaban J connectivity index is 2.19. The number of aryl methyl sites for hydroxylation is 1. The molecule has 1 aromatic heterocycles. The summed E-state index contributed by atoms with van der Waals surface area (Å²) in [6, 6.07) is 3.17. The number of hydrogen-bond donors (Lipinski definition) is 1. The van der Waals surface area contributed by atoms with Crippen LogP contribution in [0.25, 0.3) is 0 Å². The van der Waals surface area contributed by atoms with E-state index in [-0.39, 0.29) is 12.1 Å². The van der Waals surface area contributed by atoms with Gasteiger partial charge in [0.15, 0.2) is 0 Å². The Morgan fingerprint density at radius 2 is 2.17 bits per heavy atom. The second-order valence-corrected chi connectivity index (χ2v) is 4.03. The molecule has 18 heavy (non-hydrogen) atoms. The van der Waals surface area contributed by atoms with E-state index in [4.69, 9.17) is 0 Å². The number of rotatable bonds is 4. The van der Waals surface area contributed by atoms with Crippen LogP contribution in [-0.4, -0.2) is 14.7 Å². The highest BCUT2D eigenvalue weighted by Crippen LogP contribution is 2.20. The SMILES string of the molecule is CCc1nccn1CC(O)c1ccc(F)cc1F. The first-order chi connectivity index (χ1) is 8.61. The third-order valence-corrected chi connectivity index (χ3v) is 2.81. The fourth-order valence-electron chi connectivity index (χ4n) is 1.88. The van der Waals surface area contributed by atoms with Gasteiger partial charge in [-0.05, 0) is 6.07 Å². The van der Waals surface area contributed by atoms with Crippen LogP contribution in [0.3, 0.4) is 0 Å². The molecule has 1 aromatic carbocycles. The van der Waals surface area contributed by atoms with Gasteiger partial charge in [0.1, 0.15) is 17.5 Å². The molecular formula is C13H14F2N2O. The largest absolute Gasteiger partial charge is 0.386 e. The summed E-state index contributed by atoms with van der Waals surface area (Å²) in [5.41, 5.74) is 0.0900. The molecule has 0 aliphatic carbocycles. The van der Waals surface area contributed by atoms with Crippen molar-refractivity contribution < 1.29 is 13.9 Å². The molecule has 0 saturated carbocycles. The molecule has 2 rings (SSSR count). The highest BCUT2D eigenvalue weighted by molar-refractivity contribution is 5.21. The molecule has 0 bridgehead atoms. The van der Waals surface area contributed by atoms with Gasteiger partial charge >= 0.3 is 0 Å². The van der Waals surface area contributed by atoms with Crippen molar-refractivity contribution in [3.8, 4) is 0 Å². The van der Waals surface area contributed by atoms with Gasteiger partial charge in [-0.2, -0.15) is 0 Å². The Morgan fingerprint density at radius 1 is 1.39 bits per heavy atom. The Hall–Kier alpha value is -1.75. The Morgan fingerprint density at radius 3 is 2.83 bits per heavy atom. The quantitative estimate of drug-likeness (QED) is 0.907. The van der Waals surface area contributed by atoms with Crippen LogP contribution in [0, 0.1) is 11.6 Å². The van der Waals surface area contributed by atoms with E-state index in [0.717, 1.165) is 24.4 Å². The summed E-state index contributed by atoms with van der Waals surface area (Å²) in [7, 11) is 0. The first-order valence-corrected chi connectivity index (χ1v) is 5.74. The van der Waals surface area contributed by atoms with E-state index < -0.39 is 17.7 Å². The van der Waals surface area contributed by atoms with Crippen molar-refractivity contribution in [3.63, 3.8) is 0 Å². The van der Waals surface area contributed by atoms with Gasteiger partial charge in [-0.25, -0.2) is 13.8 Å². The number of halogens is 2. The smallest absolute Gasteiger partial charge is 0.131 e. The maximum absolute atomic E-state index is 13.5. The van der Waals surface area contributed by atoms with Gasteiger partial charge in [-0.1, -0.05) is 13.0 Å². The fourth-order valence-corrected chi connectivity index (χ4v) is 1.88. The molecule has 5 heteroatoms. The topological polar surface area (TPSA) is 38.0 Å². The molecule has 0 spiro atoms. The first kappa shape index (κ1) is 12.7. The number of benzene rings is 1. The molecule has 2 aromatic rings. The molecule has 0 aliphatic heterocycles. The van der Waals surface area contributed by atoms with Crippen molar-refractivity contribution in [2.45, 2.75) is 26.0 Å². The molecule has 0 saturated heterocycles. The van der Waals surface area contributed by atoms with Gasteiger partial charge in [0.05, 0.1) is 12.6 Å². The summed E-state index contributed by atoms with van der Waals surface area (Å²) in [5, 5.41) is 9.97. The van der Waals surface area contributed by atoms with Crippen molar-refractivity contribution >= 4 is 0 Å². The number of aliphatic hydroxyl groups is 1. The zero-order valence-electron chi connectivity index (χ0n) is 9.98. The molecule has 3 nitrogen and oxygen atoms in total. The lowest BCUT2D eigenvalue weighted by molar-refractivity contribution is 0.150. The van der Waals surface area contributed by atoms with Gasteiger partial charge in [0, 0.05) is 30.4 Å². The Kier molecular flexibility index (Phi) is 3.72. The molecule has 0 aliphatic rings. The predicted octanol–water partition coefficient (Wildman–Crippen LogP) is 2.46. The summed E-state index contributed by atoms with van der Waals surface area (Å²) in [6.07, 6.45) is 3.06. The molecule has 0 amide bonds. The van der Waals surface area contributed by atoms with Crippen LogP contribution in [-0.2, 0) is 13.0 Å². The lowest BCUT2D eigenvalue weighted by Crippen LogP contribution is -2.12. The number of nitrogens with zero attached hydrogens (tertiary/aromatic N) is 2. The van der Waals surface area contributed by atoms with Gasteiger partial charge in [0.25, 0.3) is 0 Å². The van der Waals surface area contributed by atoms with Gasteiger partial charge in [-0.3, -0.25) is 0 Å². The van der Waals surface area contributed by atoms with E-state index in [1.807, 2.05) is 6.92 Å². The van der Waals surface area contributed by atoms with E-state index in [2.05, 4.69) is 4.98 Å². The van der Waals surface area contributed by atoms with E-state index >= 15 is 0 Å². The van der Waals surface area contributed by atoms with Gasteiger partial charge < -0.3 is 9.67 Å². The van der Waals surface area contributed by atoms with Crippen molar-refractivity contribution in [1.82, 2.24) is 9.55 Å². The zero-order chi connectivity index (χ0) is 13.1. The summed E-state index contributed by atoms with van der Waals surface area (Å²) in [5.74, 6) is -0.572. The highest BCUT2D eigenvalue weighted by atomic mass is 19.1. The van der Waals surface area contributed by atoms with Crippen molar-refractivity contribution in [2.75, 3.05) is 0 Å². The second-order valence-electron chi connectivity index (χ2n) is 4.03. The molecule has 96 valence electrons. The van der Waals surface area contributed by atoms with Crippen LogP contribution < -0.4 is 0 Å². The second kappa shape index (κ2) is 5.27. The number of imidazole rings is 1. The third kappa shape index (κ3) is 2.56. The van der Waals surface area contributed by atoms with Crippen molar-refractivity contribution in [2.24, 2.45) is 0 Å². The van der Waals surface area contributed by atoms with Crippen LogP contribution in [0.5, 0.6) is 0 Å². The highest BCUT2D eigenvalue weighted by Gasteiger charge is 2.15. The van der Waals surface area contributed by atoms with Gasteiger partial charge in [0.2, 0.25) is 0 Å². The molecule has 1 atom stereocenters. The average Bonchev–Trinajstić information content (AvgIpc) is 2.76. The van der Waals surface area contributed by atoms with E-state index in [1.165, 1.54) is 6.07 Å². The maximum Gasteiger partial charge on any atom is 0.131 e. The monoisotopic (exact) mass is 252 g/mol. The van der Waals surface area contributed by atoms with E-state index in [9.17, 15) is 13.9 Å². The molecule has 1 N–H and O–H groups in total. The standard InChI is InChI=1S/C13H14F2N2O/c1-2-13-16-5-6-17(13)8-12(18)10-4-3-9(14)7-11(10)15/h3-7,12,18H,2,8H2,1H3. The Labute approximate surface area is 104 Å². The summed E-state index contributed by atoms with van der Waals surface area (Å²) < 4.78 is 28.0. The average molecular weight is 252 g/mol.